The van der Waals surface area contributed by atoms with Crippen LogP contribution in [0.15, 0.2) is 0 Å². The molecule has 0 aromatic rings. The molecule has 1 saturated heterocycles. The summed E-state index contributed by atoms with van der Waals surface area (Å²) in [5.41, 5.74) is 0. The predicted octanol–water partition coefficient (Wildman–Crippen LogP) is 1.09. The minimum atomic E-state index is 1.10. The molecule has 2 heteroatoms. The van der Waals surface area contributed by atoms with Crippen molar-refractivity contribution in [1.82, 2.24) is 10.6 Å². The second kappa shape index (κ2) is 6.62. The van der Waals surface area contributed by atoms with Crippen LogP contribution in [-0.2, 0) is 0 Å². The van der Waals surface area contributed by atoms with Crippen LogP contribution >= 0.6 is 0 Å². The molecule has 2 aliphatic rings. The Morgan fingerprint density at radius 1 is 1.09 bits per heavy atom. The Kier molecular flexibility index (Phi) is 6.57. The Morgan fingerprint density at radius 3 is 1.55 bits per heavy atom. The lowest BCUT2D eigenvalue weighted by atomic mass is 10.4. The number of nitrogens with one attached hydrogen (secondary N) is 2. The minimum Gasteiger partial charge on any atom is -0.323 e. The van der Waals surface area contributed by atoms with E-state index in [0.717, 1.165) is 11.8 Å². The van der Waals surface area contributed by atoms with Gasteiger partial charge in [-0.3, -0.25) is 0 Å². The Morgan fingerprint density at radius 2 is 1.45 bits per heavy atom. The van der Waals surface area contributed by atoms with Crippen molar-refractivity contribution in [3.05, 3.63) is 0 Å². The van der Waals surface area contributed by atoms with Gasteiger partial charge in [0.1, 0.15) is 0 Å². The first-order valence-corrected chi connectivity index (χ1v) is 4.67. The Labute approximate surface area is 70.8 Å². The third kappa shape index (κ3) is 4.38. The van der Waals surface area contributed by atoms with E-state index in [4.69, 9.17) is 0 Å². The molecule has 0 radical (unpaired) electrons. The molecular weight excluding hydrogens is 136 g/mol. The zero-order valence-corrected chi connectivity index (χ0v) is 8.28. The van der Waals surface area contributed by atoms with Crippen LogP contribution in [0.1, 0.15) is 20.3 Å². The predicted molar refractivity (Wildman–Crippen MR) is 50.8 cm³/mol. The van der Waals surface area contributed by atoms with Gasteiger partial charge >= 0.3 is 0 Å². The number of hydrogen-bond donors (Lipinski definition) is 2. The van der Waals surface area contributed by atoms with Crippen molar-refractivity contribution in [1.29, 1.82) is 0 Å². The van der Waals surface area contributed by atoms with Crippen molar-refractivity contribution in [3.8, 4) is 0 Å². The van der Waals surface area contributed by atoms with Crippen LogP contribution in [0, 0.1) is 11.8 Å². The van der Waals surface area contributed by atoms with Crippen molar-refractivity contribution in [2.75, 3.05) is 27.2 Å². The molecule has 2 nitrogen and oxygen atoms in total. The van der Waals surface area contributed by atoms with E-state index < -0.39 is 0 Å². The molecule has 68 valence electrons. The van der Waals surface area contributed by atoms with Crippen molar-refractivity contribution in [3.63, 3.8) is 0 Å². The SMILES string of the molecule is C1NCC2CC12.CC.CNC. The van der Waals surface area contributed by atoms with E-state index >= 15 is 0 Å². The van der Waals surface area contributed by atoms with Crippen LogP contribution in [0.3, 0.4) is 0 Å². The summed E-state index contributed by atoms with van der Waals surface area (Å²) < 4.78 is 0. The van der Waals surface area contributed by atoms with Crippen LogP contribution in [-0.4, -0.2) is 27.2 Å². The van der Waals surface area contributed by atoms with E-state index in [0.29, 0.717) is 0 Å². The lowest BCUT2D eigenvalue weighted by molar-refractivity contribution is 0.732. The van der Waals surface area contributed by atoms with Gasteiger partial charge in [0.25, 0.3) is 0 Å². The third-order valence-corrected chi connectivity index (χ3v) is 1.88. The topological polar surface area (TPSA) is 24.1 Å². The lowest BCUT2D eigenvalue weighted by Crippen LogP contribution is -2.10. The van der Waals surface area contributed by atoms with Gasteiger partial charge in [-0.05, 0) is 45.4 Å². The summed E-state index contributed by atoms with van der Waals surface area (Å²) in [6.07, 6.45) is 1.52. The molecule has 0 aromatic heterocycles. The fourth-order valence-electron chi connectivity index (χ4n) is 1.26. The van der Waals surface area contributed by atoms with E-state index in [2.05, 4.69) is 10.6 Å². The number of fused-ring (bicyclic) bond motifs is 1. The highest BCUT2D eigenvalue weighted by molar-refractivity contribution is 4.94. The molecular formula is C9H22N2. The second-order valence-corrected chi connectivity index (χ2v) is 2.91. The highest BCUT2D eigenvalue weighted by Gasteiger charge is 2.40. The Bertz CT molecular complexity index is 75.6. The van der Waals surface area contributed by atoms with Crippen LogP contribution in [0.5, 0.6) is 0 Å². The maximum atomic E-state index is 3.32. The van der Waals surface area contributed by atoms with Crippen LogP contribution in [0.25, 0.3) is 0 Å². The van der Waals surface area contributed by atoms with Gasteiger partial charge in [-0.1, -0.05) is 13.8 Å². The van der Waals surface area contributed by atoms with Gasteiger partial charge < -0.3 is 10.6 Å². The largest absolute Gasteiger partial charge is 0.323 e. The molecule has 1 saturated carbocycles. The summed E-state index contributed by atoms with van der Waals surface area (Å²) in [5.74, 6) is 2.20. The van der Waals surface area contributed by atoms with Gasteiger partial charge in [-0.25, -0.2) is 0 Å². The molecule has 11 heavy (non-hydrogen) atoms. The molecule has 0 amide bonds. The number of piperidine rings is 1. The third-order valence-electron chi connectivity index (χ3n) is 1.88. The van der Waals surface area contributed by atoms with E-state index in [1.54, 1.807) is 0 Å². The summed E-state index contributed by atoms with van der Waals surface area (Å²) in [4.78, 5) is 0. The van der Waals surface area contributed by atoms with Crippen LogP contribution < -0.4 is 10.6 Å². The molecule has 2 atom stereocenters. The fraction of sp³-hybridized carbons (Fsp3) is 1.00. The normalized spacial score (nSPS) is 30.5. The number of hydrogen-bond acceptors (Lipinski definition) is 2. The van der Waals surface area contributed by atoms with Crippen LogP contribution in [0.4, 0.5) is 0 Å². The molecule has 2 fully saturated rings. The Hall–Kier alpha value is -0.0800. The molecule has 2 rings (SSSR count). The van der Waals surface area contributed by atoms with E-state index in [1.165, 1.54) is 19.5 Å². The molecule has 2 N–H and O–H groups in total. The van der Waals surface area contributed by atoms with Gasteiger partial charge in [0.05, 0.1) is 0 Å². The first kappa shape index (κ1) is 10.9. The fourth-order valence-corrected chi connectivity index (χ4v) is 1.26. The summed E-state index contributed by atoms with van der Waals surface area (Å²) in [6, 6.07) is 0. The summed E-state index contributed by atoms with van der Waals surface area (Å²) >= 11 is 0. The standard InChI is InChI=1S/C5H9N.C2H7N.C2H6/c1-4-2-6-3-5(1)4;1-3-2;1-2/h4-6H,1-3H2;3H,1-2H3;1-2H3. The summed E-state index contributed by atoms with van der Waals surface area (Å²) in [6.45, 7) is 6.62. The first-order chi connectivity index (χ1) is 5.38. The number of rotatable bonds is 0. The van der Waals surface area contributed by atoms with Crippen molar-refractivity contribution < 1.29 is 0 Å². The summed E-state index contributed by atoms with van der Waals surface area (Å²) in [7, 11) is 3.75. The lowest BCUT2D eigenvalue weighted by Gasteiger charge is -1.87. The smallest absolute Gasteiger partial charge is 0.00172 e. The zero-order chi connectivity index (χ0) is 8.69. The van der Waals surface area contributed by atoms with E-state index in [9.17, 15) is 0 Å². The highest BCUT2D eigenvalue weighted by Crippen LogP contribution is 2.40. The van der Waals surface area contributed by atoms with Gasteiger partial charge in [0.2, 0.25) is 0 Å². The maximum Gasteiger partial charge on any atom is -0.00172 e. The minimum absolute atomic E-state index is 1.10. The molecule has 0 bridgehead atoms. The first-order valence-electron chi connectivity index (χ1n) is 4.67. The molecule has 2 unspecified atom stereocenters. The monoisotopic (exact) mass is 158 g/mol. The van der Waals surface area contributed by atoms with Gasteiger partial charge in [0, 0.05) is 0 Å². The van der Waals surface area contributed by atoms with Gasteiger partial charge in [-0.2, -0.15) is 0 Å². The quantitative estimate of drug-likeness (QED) is 0.551. The van der Waals surface area contributed by atoms with Gasteiger partial charge in [0.15, 0.2) is 0 Å². The highest BCUT2D eigenvalue weighted by atomic mass is 14.9. The average molecular weight is 158 g/mol. The maximum absolute atomic E-state index is 3.32. The molecule has 1 aliphatic heterocycles. The molecule has 0 aromatic carbocycles. The van der Waals surface area contributed by atoms with Gasteiger partial charge in [-0.15, -0.1) is 0 Å². The zero-order valence-electron chi connectivity index (χ0n) is 8.28. The Balaban J connectivity index is 0.000000176. The van der Waals surface area contributed by atoms with Crippen molar-refractivity contribution >= 4 is 0 Å². The average Bonchev–Trinajstić information content (AvgIpc) is 2.65. The van der Waals surface area contributed by atoms with Crippen molar-refractivity contribution in [2.24, 2.45) is 11.8 Å². The molecule has 1 aliphatic carbocycles. The molecule has 0 spiro atoms. The van der Waals surface area contributed by atoms with Crippen LogP contribution in [0.2, 0.25) is 0 Å². The van der Waals surface area contributed by atoms with E-state index in [-0.39, 0.29) is 0 Å². The second-order valence-electron chi connectivity index (χ2n) is 2.91. The van der Waals surface area contributed by atoms with E-state index in [1.807, 2.05) is 27.9 Å². The summed E-state index contributed by atoms with van der Waals surface area (Å²) in [5, 5.41) is 6.07. The molecule has 1 heterocycles. The van der Waals surface area contributed by atoms with Crippen molar-refractivity contribution in [2.45, 2.75) is 20.3 Å².